The third-order valence-corrected chi connectivity index (χ3v) is 5.22. The van der Waals surface area contributed by atoms with Gasteiger partial charge in [0.25, 0.3) is 0 Å². The Kier molecular flexibility index (Phi) is 3.96. The third-order valence-electron chi connectivity index (χ3n) is 2.75. The average molecular weight is 308 g/mol. The smallest absolute Gasteiger partial charge is 0.214 e. The van der Waals surface area contributed by atoms with Crippen molar-refractivity contribution in [2.24, 2.45) is 0 Å². The van der Waals surface area contributed by atoms with Crippen LogP contribution in [-0.2, 0) is 10.0 Å². The molecule has 98 valence electrons. The molecule has 2 rings (SSSR count). The summed E-state index contributed by atoms with van der Waals surface area (Å²) >= 11 is 11.7. The predicted octanol–water partition coefficient (Wildman–Crippen LogP) is 2.21. The Morgan fingerprint density at radius 3 is 2.67 bits per heavy atom. The van der Waals surface area contributed by atoms with Gasteiger partial charge in [0.1, 0.15) is 0 Å². The fourth-order valence-corrected chi connectivity index (χ4v) is 3.69. The van der Waals surface area contributed by atoms with Gasteiger partial charge in [0.05, 0.1) is 17.3 Å². The molecule has 1 aliphatic heterocycles. The minimum absolute atomic E-state index is 0.101. The van der Waals surface area contributed by atoms with Crippen LogP contribution in [0.3, 0.4) is 0 Å². The van der Waals surface area contributed by atoms with Gasteiger partial charge in [0.15, 0.2) is 5.78 Å². The van der Waals surface area contributed by atoms with E-state index in [9.17, 15) is 13.2 Å². The van der Waals surface area contributed by atoms with Crippen LogP contribution in [0.15, 0.2) is 18.2 Å². The van der Waals surface area contributed by atoms with Crippen molar-refractivity contribution in [1.29, 1.82) is 0 Å². The molecule has 0 saturated carbocycles. The maximum Gasteiger partial charge on any atom is 0.214 e. The number of carbonyl (C=O) groups excluding carboxylic acids is 1. The standard InChI is InChI=1S/C11H11Cl2NO3S/c12-8-2-3-10(13)9(6-8)11(15)7-14-4-1-5-18(14,16)17/h2-3,6H,1,4-5,7H2. The van der Waals surface area contributed by atoms with Gasteiger partial charge < -0.3 is 0 Å². The molecule has 4 nitrogen and oxygen atoms in total. The summed E-state index contributed by atoms with van der Waals surface area (Å²) in [6.07, 6.45) is 0.554. The van der Waals surface area contributed by atoms with E-state index in [2.05, 4.69) is 0 Å². The Morgan fingerprint density at radius 1 is 1.33 bits per heavy atom. The van der Waals surface area contributed by atoms with Crippen molar-refractivity contribution in [3.05, 3.63) is 33.8 Å². The van der Waals surface area contributed by atoms with Gasteiger partial charge in [-0.3, -0.25) is 4.79 Å². The Labute approximate surface area is 116 Å². The molecule has 0 unspecified atom stereocenters. The van der Waals surface area contributed by atoms with Crippen molar-refractivity contribution >= 4 is 39.0 Å². The SMILES string of the molecule is O=C(CN1CCCS1(=O)=O)c1cc(Cl)ccc1Cl. The van der Waals surface area contributed by atoms with Crippen molar-refractivity contribution in [2.75, 3.05) is 18.8 Å². The van der Waals surface area contributed by atoms with Crippen LogP contribution in [0.1, 0.15) is 16.8 Å². The zero-order valence-electron chi connectivity index (χ0n) is 9.40. The molecule has 1 aromatic rings. The fraction of sp³-hybridized carbons (Fsp3) is 0.364. The van der Waals surface area contributed by atoms with Crippen molar-refractivity contribution in [3.8, 4) is 0 Å². The monoisotopic (exact) mass is 307 g/mol. The zero-order chi connectivity index (χ0) is 13.3. The van der Waals surface area contributed by atoms with E-state index < -0.39 is 10.0 Å². The number of hydrogen-bond donors (Lipinski definition) is 0. The summed E-state index contributed by atoms with van der Waals surface area (Å²) in [4.78, 5) is 12.0. The summed E-state index contributed by atoms with van der Waals surface area (Å²) in [6, 6.07) is 4.55. The topological polar surface area (TPSA) is 54.5 Å². The Balaban J connectivity index is 2.20. The number of sulfonamides is 1. The van der Waals surface area contributed by atoms with Crippen LogP contribution >= 0.6 is 23.2 Å². The lowest BCUT2D eigenvalue weighted by molar-refractivity contribution is 0.0969. The summed E-state index contributed by atoms with van der Waals surface area (Å²) in [5.41, 5.74) is 0.256. The van der Waals surface area contributed by atoms with Crippen LogP contribution in [0.2, 0.25) is 10.0 Å². The van der Waals surface area contributed by atoms with E-state index in [0.717, 1.165) is 0 Å². The molecule has 0 atom stereocenters. The summed E-state index contributed by atoms with van der Waals surface area (Å²) in [7, 11) is -3.28. The van der Waals surface area contributed by atoms with E-state index in [1.54, 1.807) is 6.07 Å². The highest BCUT2D eigenvalue weighted by molar-refractivity contribution is 7.89. The first-order chi connectivity index (χ1) is 8.40. The maximum atomic E-state index is 12.0. The Hall–Kier alpha value is -0.620. The van der Waals surface area contributed by atoms with Gasteiger partial charge in [-0.15, -0.1) is 0 Å². The van der Waals surface area contributed by atoms with Crippen molar-refractivity contribution in [1.82, 2.24) is 4.31 Å². The number of nitrogens with zero attached hydrogens (tertiary/aromatic N) is 1. The molecule has 0 radical (unpaired) electrons. The normalized spacial score (nSPS) is 19.0. The average Bonchev–Trinajstić information content (AvgIpc) is 2.62. The minimum atomic E-state index is -3.28. The van der Waals surface area contributed by atoms with E-state index in [1.165, 1.54) is 16.4 Å². The molecular weight excluding hydrogens is 297 g/mol. The number of hydrogen-bond acceptors (Lipinski definition) is 3. The van der Waals surface area contributed by atoms with Crippen molar-refractivity contribution in [2.45, 2.75) is 6.42 Å². The second kappa shape index (κ2) is 5.17. The van der Waals surface area contributed by atoms with Crippen LogP contribution in [0.5, 0.6) is 0 Å². The van der Waals surface area contributed by atoms with Crippen LogP contribution in [-0.4, -0.2) is 37.3 Å². The van der Waals surface area contributed by atoms with E-state index in [-0.39, 0.29) is 28.7 Å². The molecule has 7 heteroatoms. The number of benzene rings is 1. The van der Waals surface area contributed by atoms with Crippen LogP contribution < -0.4 is 0 Å². The van der Waals surface area contributed by atoms with Gasteiger partial charge in [-0.1, -0.05) is 23.2 Å². The first kappa shape index (κ1) is 13.8. The molecule has 0 N–H and O–H groups in total. The van der Waals surface area contributed by atoms with Crippen molar-refractivity contribution in [3.63, 3.8) is 0 Å². The van der Waals surface area contributed by atoms with E-state index >= 15 is 0 Å². The van der Waals surface area contributed by atoms with Gasteiger partial charge >= 0.3 is 0 Å². The maximum absolute atomic E-state index is 12.0. The van der Waals surface area contributed by atoms with Crippen LogP contribution in [0, 0.1) is 0 Å². The molecule has 0 aromatic heterocycles. The number of halogens is 2. The first-order valence-corrected chi connectivity index (χ1v) is 7.73. The van der Waals surface area contributed by atoms with E-state index in [0.29, 0.717) is 18.0 Å². The predicted molar refractivity (Wildman–Crippen MR) is 70.8 cm³/mol. The van der Waals surface area contributed by atoms with Gasteiger partial charge in [-0.2, -0.15) is 4.31 Å². The quantitative estimate of drug-likeness (QED) is 0.805. The lowest BCUT2D eigenvalue weighted by atomic mass is 10.1. The molecule has 0 aliphatic carbocycles. The molecule has 1 aromatic carbocycles. The molecular formula is C11H11Cl2NO3S. The largest absolute Gasteiger partial charge is 0.293 e. The van der Waals surface area contributed by atoms with Gasteiger partial charge in [-0.25, -0.2) is 8.42 Å². The van der Waals surface area contributed by atoms with Crippen LogP contribution in [0.4, 0.5) is 0 Å². The van der Waals surface area contributed by atoms with Gasteiger partial charge in [-0.05, 0) is 24.6 Å². The number of carbonyl (C=O) groups is 1. The third kappa shape index (κ3) is 2.85. The molecule has 1 fully saturated rings. The highest BCUT2D eigenvalue weighted by Crippen LogP contribution is 2.22. The number of Topliss-reactive ketones (excluding diaryl/α,β-unsaturated/α-hetero) is 1. The van der Waals surface area contributed by atoms with E-state index in [1.807, 2.05) is 0 Å². The highest BCUT2D eigenvalue weighted by Gasteiger charge is 2.30. The Morgan fingerprint density at radius 2 is 2.06 bits per heavy atom. The second-order valence-electron chi connectivity index (χ2n) is 4.05. The van der Waals surface area contributed by atoms with E-state index in [4.69, 9.17) is 23.2 Å². The molecule has 1 saturated heterocycles. The summed E-state index contributed by atoms with van der Waals surface area (Å²) in [5.74, 6) is -0.239. The lowest BCUT2D eigenvalue weighted by Crippen LogP contribution is -2.31. The first-order valence-electron chi connectivity index (χ1n) is 5.36. The molecule has 0 amide bonds. The highest BCUT2D eigenvalue weighted by atomic mass is 35.5. The summed E-state index contributed by atoms with van der Waals surface area (Å²) < 4.78 is 24.4. The number of ketones is 1. The molecule has 1 aliphatic rings. The minimum Gasteiger partial charge on any atom is -0.293 e. The van der Waals surface area contributed by atoms with Crippen molar-refractivity contribution < 1.29 is 13.2 Å². The van der Waals surface area contributed by atoms with Gasteiger partial charge in [0, 0.05) is 17.1 Å². The van der Waals surface area contributed by atoms with Gasteiger partial charge in [0.2, 0.25) is 10.0 Å². The number of rotatable bonds is 3. The molecule has 0 spiro atoms. The zero-order valence-corrected chi connectivity index (χ0v) is 11.7. The van der Waals surface area contributed by atoms with Crippen LogP contribution in [0.25, 0.3) is 0 Å². The lowest BCUT2D eigenvalue weighted by Gasteiger charge is -2.13. The Bertz CT molecular complexity index is 586. The summed E-state index contributed by atoms with van der Waals surface area (Å²) in [6.45, 7) is 0.203. The summed E-state index contributed by atoms with van der Waals surface area (Å²) in [5, 5.41) is 0.674. The molecule has 18 heavy (non-hydrogen) atoms. The molecule has 0 bridgehead atoms. The molecule has 1 heterocycles. The fourth-order valence-electron chi connectivity index (χ4n) is 1.83. The second-order valence-corrected chi connectivity index (χ2v) is 6.98.